The van der Waals surface area contributed by atoms with E-state index < -0.39 is 21.7 Å². The molecule has 12 nitrogen and oxygen atoms in total. The first-order valence-corrected chi connectivity index (χ1v) is 14.5. The van der Waals surface area contributed by atoms with Crippen molar-refractivity contribution in [2.75, 3.05) is 25.2 Å². The zero-order chi connectivity index (χ0) is 28.2. The predicted octanol–water partition coefficient (Wildman–Crippen LogP) is 2.48. The number of carbonyl (C=O) groups is 2. The molecule has 2 N–H and O–H groups in total. The molecule has 0 aliphatic carbocycles. The van der Waals surface area contributed by atoms with Crippen molar-refractivity contribution in [3.05, 3.63) is 70.7 Å². The molecule has 16 heteroatoms. The molecule has 4 rings (SSSR count). The largest absolute Gasteiger partial charge is 0.345 e. The minimum atomic E-state index is -3.62. The molecule has 0 bridgehead atoms. The third-order valence-electron chi connectivity index (χ3n) is 5.19. The van der Waals surface area contributed by atoms with Gasteiger partial charge in [-0.2, -0.15) is 0 Å². The van der Waals surface area contributed by atoms with Crippen LogP contribution in [0.15, 0.2) is 58.6 Å². The van der Waals surface area contributed by atoms with Crippen molar-refractivity contribution in [3.63, 3.8) is 0 Å². The molecule has 0 aliphatic heterocycles. The number of amides is 2. The van der Waals surface area contributed by atoms with Crippen LogP contribution in [0.3, 0.4) is 0 Å². The van der Waals surface area contributed by atoms with Crippen molar-refractivity contribution in [3.8, 4) is 5.69 Å². The van der Waals surface area contributed by atoms with E-state index in [1.54, 1.807) is 11.5 Å². The molecule has 2 aromatic carbocycles. The third kappa shape index (κ3) is 6.83. The van der Waals surface area contributed by atoms with E-state index in [4.69, 9.17) is 0 Å². The fourth-order valence-corrected chi connectivity index (χ4v) is 5.52. The Hall–Kier alpha value is -3.73. The summed E-state index contributed by atoms with van der Waals surface area (Å²) in [4.78, 5) is 25.2. The van der Waals surface area contributed by atoms with Crippen LogP contribution in [-0.2, 0) is 21.4 Å². The van der Waals surface area contributed by atoms with Crippen molar-refractivity contribution in [1.29, 1.82) is 0 Å². The molecule has 0 saturated heterocycles. The van der Waals surface area contributed by atoms with Crippen molar-refractivity contribution < 1.29 is 22.4 Å². The van der Waals surface area contributed by atoms with Gasteiger partial charge in [0.05, 0.1) is 17.2 Å². The number of carbonyl (C=O) groups excluding carboxylic acids is 2. The van der Waals surface area contributed by atoms with Gasteiger partial charge in [-0.1, -0.05) is 23.1 Å². The van der Waals surface area contributed by atoms with Crippen molar-refractivity contribution in [2.45, 2.75) is 23.5 Å². The Balaban J connectivity index is 1.48. The molecule has 0 aliphatic rings. The molecule has 0 saturated carbocycles. The Bertz CT molecular complexity index is 1590. The average Bonchev–Trinajstić information content (AvgIpc) is 3.51. The second kappa shape index (κ2) is 12.0. The Kier molecular flexibility index (Phi) is 8.69. The van der Waals surface area contributed by atoms with E-state index >= 15 is 0 Å². The average molecular weight is 591 g/mol. The molecule has 4 aromatic rings. The molecule has 0 spiro atoms. The number of hydrogen-bond donors (Lipinski definition) is 2. The molecule has 0 unspecified atom stereocenters. The maximum absolute atomic E-state index is 13.6. The molecule has 0 radical (unpaired) electrons. The van der Waals surface area contributed by atoms with Crippen LogP contribution in [0.1, 0.15) is 21.2 Å². The molecular formula is C23H23FN8O4S3. The Morgan fingerprint density at radius 1 is 1.03 bits per heavy atom. The quantitative estimate of drug-likeness (QED) is 0.265. The van der Waals surface area contributed by atoms with E-state index in [2.05, 4.69) is 31.0 Å². The summed E-state index contributed by atoms with van der Waals surface area (Å²) in [6, 6.07) is 11.2. The van der Waals surface area contributed by atoms with Crippen LogP contribution in [-0.4, -0.2) is 69.3 Å². The van der Waals surface area contributed by atoms with Gasteiger partial charge in [0.15, 0.2) is 11.0 Å². The van der Waals surface area contributed by atoms with E-state index in [-0.39, 0.29) is 28.7 Å². The zero-order valence-corrected chi connectivity index (χ0v) is 23.4. The van der Waals surface area contributed by atoms with Crippen molar-refractivity contribution >= 4 is 50.1 Å². The van der Waals surface area contributed by atoms with Crippen LogP contribution < -0.4 is 10.6 Å². The number of nitrogens with zero attached hydrogens (tertiary/aromatic N) is 6. The van der Waals surface area contributed by atoms with E-state index in [9.17, 15) is 22.4 Å². The van der Waals surface area contributed by atoms with Crippen LogP contribution in [0.25, 0.3) is 5.69 Å². The van der Waals surface area contributed by atoms with Gasteiger partial charge in [-0.05, 0) is 55.5 Å². The zero-order valence-electron chi connectivity index (χ0n) is 21.0. The number of rotatable bonds is 10. The van der Waals surface area contributed by atoms with Gasteiger partial charge >= 0.3 is 0 Å². The molecule has 0 atom stereocenters. The first-order chi connectivity index (χ1) is 18.5. The smallest absolute Gasteiger partial charge is 0.251 e. The SMILES string of the molecule is Cc1nnc(NC(=O)CSc2nnc(CNC(=O)c3ccc(S(=O)(=O)N(C)C)cc3)n2-c2ccc(F)cc2)s1. The van der Waals surface area contributed by atoms with Crippen molar-refractivity contribution in [1.82, 2.24) is 34.6 Å². The topological polar surface area (TPSA) is 152 Å². The van der Waals surface area contributed by atoms with Gasteiger partial charge in [-0.25, -0.2) is 17.1 Å². The summed E-state index contributed by atoms with van der Waals surface area (Å²) < 4.78 is 40.8. The fourth-order valence-electron chi connectivity index (χ4n) is 3.24. The van der Waals surface area contributed by atoms with Gasteiger partial charge < -0.3 is 5.32 Å². The second-order valence-electron chi connectivity index (χ2n) is 8.17. The monoisotopic (exact) mass is 590 g/mol. The number of thioether (sulfide) groups is 1. The van der Waals surface area contributed by atoms with E-state index in [1.165, 1.54) is 74.0 Å². The molecule has 2 heterocycles. The summed E-state index contributed by atoms with van der Waals surface area (Å²) >= 11 is 2.35. The standard InChI is InChI=1S/C23H23FN8O4S3/c1-14-27-29-22(38-14)26-20(33)13-37-23-30-28-19(32(23)17-8-6-16(24)7-9-17)12-25-21(34)15-4-10-18(11-5-15)39(35,36)31(2)3/h4-11H,12-13H2,1-3H3,(H,25,34)(H,26,29,33). The molecule has 2 aromatic heterocycles. The number of nitrogens with one attached hydrogen (secondary N) is 2. The van der Waals surface area contributed by atoms with Crippen LogP contribution in [0.2, 0.25) is 0 Å². The van der Waals surface area contributed by atoms with Crippen LogP contribution in [0.4, 0.5) is 9.52 Å². The highest BCUT2D eigenvalue weighted by Crippen LogP contribution is 2.23. The second-order valence-corrected chi connectivity index (χ2v) is 12.4. The fraction of sp³-hybridized carbons (Fsp3) is 0.217. The van der Waals surface area contributed by atoms with Crippen molar-refractivity contribution in [2.24, 2.45) is 0 Å². The summed E-state index contributed by atoms with van der Waals surface area (Å²) in [6.07, 6.45) is 0. The molecule has 0 fully saturated rings. The summed E-state index contributed by atoms with van der Waals surface area (Å²) in [5.41, 5.74) is 0.783. The molecule has 39 heavy (non-hydrogen) atoms. The van der Waals surface area contributed by atoms with Gasteiger partial charge in [-0.3, -0.25) is 19.5 Å². The third-order valence-corrected chi connectivity index (χ3v) is 8.70. The lowest BCUT2D eigenvalue weighted by Gasteiger charge is -2.12. The normalized spacial score (nSPS) is 11.5. The number of benzene rings is 2. The van der Waals surface area contributed by atoms with Gasteiger partial charge in [0.25, 0.3) is 5.91 Å². The number of hydrogen-bond acceptors (Lipinski definition) is 10. The minimum Gasteiger partial charge on any atom is -0.345 e. The molecule has 204 valence electrons. The highest BCUT2D eigenvalue weighted by Gasteiger charge is 2.20. The summed E-state index contributed by atoms with van der Waals surface area (Å²) in [7, 11) is -0.779. The number of aromatic nitrogens is 5. The highest BCUT2D eigenvalue weighted by atomic mass is 32.2. The van der Waals surface area contributed by atoms with Gasteiger partial charge in [0.2, 0.25) is 21.1 Å². The lowest BCUT2D eigenvalue weighted by atomic mass is 10.2. The number of halogens is 1. The van der Waals surface area contributed by atoms with Crippen LogP contribution in [0, 0.1) is 12.7 Å². The minimum absolute atomic E-state index is 0.00742. The Morgan fingerprint density at radius 2 is 1.72 bits per heavy atom. The summed E-state index contributed by atoms with van der Waals surface area (Å²) in [6.45, 7) is 1.73. The van der Waals surface area contributed by atoms with E-state index in [0.29, 0.717) is 21.8 Å². The van der Waals surface area contributed by atoms with Gasteiger partial charge in [0.1, 0.15) is 10.8 Å². The lowest BCUT2D eigenvalue weighted by Crippen LogP contribution is -2.25. The first kappa shape index (κ1) is 28.3. The van der Waals surface area contributed by atoms with Crippen LogP contribution >= 0.6 is 23.1 Å². The number of aryl methyl sites for hydroxylation is 1. The van der Waals surface area contributed by atoms with E-state index in [0.717, 1.165) is 21.1 Å². The predicted molar refractivity (Wildman–Crippen MR) is 144 cm³/mol. The first-order valence-electron chi connectivity index (χ1n) is 11.3. The van der Waals surface area contributed by atoms with Gasteiger partial charge in [-0.15, -0.1) is 20.4 Å². The molecule has 2 amide bonds. The Morgan fingerprint density at radius 3 is 2.33 bits per heavy atom. The van der Waals surface area contributed by atoms with E-state index in [1.807, 2.05) is 0 Å². The summed E-state index contributed by atoms with van der Waals surface area (Å²) in [5.74, 6) is -0.878. The van der Waals surface area contributed by atoms with Crippen LogP contribution in [0.5, 0.6) is 0 Å². The number of sulfonamides is 1. The maximum atomic E-state index is 13.6. The summed E-state index contributed by atoms with van der Waals surface area (Å²) in [5, 5.41) is 22.9. The maximum Gasteiger partial charge on any atom is 0.251 e. The lowest BCUT2D eigenvalue weighted by molar-refractivity contribution is -0.113. The Labute approximate surface area is 231 Å². The number of anilines is 1. The highest BCUT2D eigenvalue weighted by molar-refractivity contribution is 7.99. The molecular weight excluding hydrogens is 568 g/mol. The van der Waals surface area contributed by atoms with Gasteiger partial charge in [0, 0.05) is 25.3 Å².